The number of likely N-dealkylation sites (tertiary alicyclic amines) is 1. The van der Waals surface area contributed by atoms with Crippen LogP contribution in [-0.2, 0) is 0 Å². The molecule has 1 aliphatic heterocycles. The highest BCUT2D eigenvalue weighted by Crippen LogP contribution is 2.25. The number of nitrogens with two attached hydrogens (primary N) is 1. The van der Waals surface area contributed by atoms with Gasteiger partial charge in [-0.25, -0.2) is 4.79 Å². The monoisotopic (exact) mass is 186 g/mol. The highest BCUT2D eigenvalue weighted by Gasteiger charge is 2.30. The third-order valence-corrected chi connectivity index (χ3v) is 2.92. The van der Waals surface area contributed by atoms with E-state index in [0.29, 0.717) is 24.9 Å². The Morgan fingerprint density at radius 2 is 2.31 bits per heavy atom. The minimum atomic E-state index is -0.810. The zero-order valence-corrected chi connectivity index (χ0v) is 8.23. The van der Waals surface area contributed by atoms with E-state index in [1.165, 1.54) is 4.90 Å². The minimum absolute atomic E-state index is 0.172. The predicted molar refractivity (Wildman–Crippen MR) is 50.5 cm³/mol. The first kappa shape index (κ1) is 10.3. The maximum absolute atomic E-state index is 10.7. The molecule has 1 amide bonds. The van der Waals surface area contributed by atoms with Crippen molar-refractivity contribution in [2.24, 2.45) is 17.6 Å². The van der Waals surface area contributed by atoms with Crippen LogP contribution in [0.15, 0.2) is 0 Å². The molecule has 0 aromatic rings. The highest BCUT2D eigenvalue weighted by molar-refractivity contribution is 5.65. The van der Waals surface area contributed by atoms with E-state index < -0.39 is 6.09 Å². The van der Waals surface area contributed by atoms with Gasteiger partial charge in [0.1, 0.15) is 0 Å². The van der Waals surface area contributed by atoms with Gasteiger partial charge in [-0.3, -0.25) is 0 Å². The van der Waals surface area contributed by atoms with Gasteiger partial charge in [-0.2, -0.15) is 0 Å². The Morgan fingerprint density at radius 1 is 1.69 bits per heavy atom. The summed E-state index contributed by atoms with van der Waals surface area (Å²) in [5, 5.41) is 8.78. The average Bonchev–Trinajstić information content (AvgIpc) is 2.03. The van der Waals surface area contributed by atoms with Gasteiger partial charge in [0.05, 0.1) is 0 Å². The van der Waals surface area contributed by atoms with Crippen LogP contribution in [0.1, 0.15) is 20.3 Å². The predicted octanol–water partition coefficient (Wildman–Crippen LogP) is 0.970. The molecule has 1 rings (SSSR count). The third kappa shape index (κ3) is 2.34. The Hall–Kier alpha value is -0.770. The highest BCUT2D eigenvalue weighted by atomic mass is 16.4. The maximum atomic E-state index is 10.7. The fourth-order valence-electron chi connectivity index (χ4n) is 2.12. The number of hydrogen-bond donors (Lipinski definition) is 2. The van der Waals surface area contributed by atoms with Crippen molar-refractivity contribution in [3.63, 3.8) is 0 Å². The number of piperidine rings is 1. The van der Waals surface area contributed by atoms with Crippen LogP contribution in [0.2, 0.25) is 0 Å². The standard InChI is InChI=1S/C9H18N2O2/c1-6-5-11(9(12)13)4-3-8(6)7(2)10/h6-8H,3-5,10H2,1-2H3,(H,12,13)/t6-,7?,8+/m1/s1. The largest absolute Gasteiger partial charge is 0.465 e. The summed E-state index contributed by atoms with van der Waals surface area (Å²) in [5.41, 5.74) is 5.81. The smallest absolute Gasteiger partial charge is 0.407 e. The lowest BCUT2D eigenvalue weighted by molar-refractivity contribution is 0.0954. The first-order valence-corrected chi connectivity index (χ1v) is 4.75. The molecule has 4 heteroatoms. The number of nitrogens with zero attached hydrogens (tertiary/aromatic N) is 1. The number of amides is 1. The molecule has 0 spiro atoms. The van der Waals surface area contributed by atoms with Crippen molar-refractivity contribution in [2.45, 2.75) is 26.3 Å². The summed E-state index contributed by atoms with van der Waals surface area (Å²) in [6.07, 6.45) is 0.0838. The van der Waals surface area contributed by atoms with Gasteiger partial charge < -0.3 is 15.7 Å². The quantitative estimate of drug-likeness (QED) is 0.641. The Kier molecular flexibility index (Phi) is 3.14. The van der Waals surface area contributed by atoms with Crippen molar-refractivity contribution in [1.29, 1.82) is 0 Å². The Labute approximate surface area is 78.7 Å². The van der Waals surface area contributed by atoms with Gasteiger partial charge in [0.25, 0.3) is 0 Å². The van der Waals surface area contributed by atoms with E-state index in [9.17, 15) is 4.79 Å². The second-order valence-corrected chi connectivity index (χ2v) is 4.02. The molecule has 76 valence electrons. The van der Waals surface area contributed by atoms with Gasteiger partial charge in [-0.05, 0) is 25.2 Å². The van der Waals surface area contributed by atoms with E-state index in [0.717, 1.165) is 6.42 Å². The summed E-state index contributed by atoms with van der Waals surface area (Å²) in [7, 11) is 0. The van der Waals surface area contributed by atoms with Crippen LogP contribution >= 0.6 is 0 Å². The lowest BCUT2D eigenvalue weighted by atomic mass is 9.82. The number of hydrogen-bond acceptors (Lipinski definition) is 2. The van der Waals surface area contributed by atoms with Crippen LogP contribution in [0.5, 0.6) is 0 Å². The van der Waals surface area contributed by atoms with Gasteiger partial charge in [-0.1, -0.05) is 6.92 Å². The summed E-state index contributed by atoms with van der Waals surface area (Å²) >= 11 is 0. The first-order valence-electron chi connectivity index (χ1n) is 4.75. The Bertz CT molecular complexity index is 194. The molecule has 0 aliphatic carbocycles. The number of carbonyl (C=O) groups is 1. The summed E-state index contributed by atoms with van der Waals surface area (Å²) in [4.78, 5) is 12.1. The molecule has 1 fully saturated rings. The second kappa shape index (κ2) is 3.96. The summed E-state index contributed by atoms with van der Waals surface area (Å²) in [6.45, 7) is 5.33. The molecule has 1 aliphatic rings. The molecular formula is C9H18N2O2. The Morgan fingerprint density at radius 3 is 2.69 bits per heavy atom. The van der Waals surface area contributed by atoms with E-state index in [4.69, 9.17) is 10.8 Å². The second-order valence-electron chi connectivity index (χ2n) is 4.02. The molecule has 0 aromatic carbocycles. The van der Waals surface area contributed by atoms with E-state index >= 15 is 0 Å². The molecule has 1 heterocycles. The summed E-state index contributed by atoms with van der Waals surface area (Å²) < 4.78 is 0. The summed E-state index contributed by atoms with van der Waals surface area (Å²) in [5.74, 6) is 0.848. The van der Waals surface area contributed by atoms with Gasteiger partial charge in [0, 0.05) is 19.1 Å². The molecule has 3 N–H and O–H groups in total. The first-order chi connectivity index (χ1) is 6.02. The summed E-state index contributed by atoms with van der Waals surface area (Å²) in [6, 6.07) is 0.172. The normalized spacial score (nSPS) is 31.5. The van der Waals surface area contributed by atoms with Gasteiger partial charge >= 0.3 is 6.09 Å². The number of carboxylic acid groups (broad SMARTS) is 1. The van der Waals surface area contributed by atoms with Crippen LogP contribution in [0.3, 0.4) is 0 Å². The van der Waals surface area contributed by atoms with Gasteiger partial charge in [-0.15, -0.1) is 0 Å². The maximum Gasteiger partial charge on any atom is 0.407 e. The van der Waals surface area contributed by atoms with E-state index in [-0.39, 0.29) is 6.04 Å². The molecule has 13 heavy (non-hydrogen) atoms. The van der Waals surface area contributed by atoms with Crippen molar-refractivity contribution in [1.82, 2.24) is 4.90 Å². The fourth-order valence-corrected chi connectivity index (χ4v) is 2.12. The van der Waals surface area contributed by atoms with Crippen molar-refractivity contribution in [3.8, 4) is 0 Å². The van der Waals surface area contributed by atoms with Crippen LogP contribution in [0.4, 0.5) is 4.79 Å². The zero-order valence-electron chi connectivity index (χ0n) is 8.23. The van der Waals surface area contributed by atoms with Crippen LogP contribution in [0.25, 0.3) is 0 Å². The molecular weight excluding hydrogens is 168 g/mol. The van der Waals surface area contributed by atoms with Gasteiger partial charge in [0.2, 0.25) is 0 Å². The van der Waals surface area contributed by atoms with Crippen LogP contribution < -0.4 is 5.73 Å². The Balaban J connectivity index is 2.51. The average molecular weight is 186 g/mol. The van der Waals surface area contributed by atoms with Crippen molar-refractivity contribution in [3.05, 3.63) is 0 Å². The molecule has 0 aromatic heterocycles. The van der Waals surface area contributed by atoms with Gasteiger partial charge in [0.15, 0.2) is 0 Å². The van der Waals surface area contributed by atoms with E-state index in [1.54, 1.807) is 0 Å². The molecule has 4 nitrogen and oxygen atoms in total. The molecule has 0 saturated carbocycles. The molecule has 1 saturated heterocycles. The van der Waals surface area contributed by atoms with Crippen molar-refractivity contribution in [2.75, 3.05) is 13.1 Å². The van der Waals surface area contributed by atoms with Crippen LogP contribution in [-0.4, -0.2) is 35.2 Å². The van der Waals surface area contributed by atoms with E-state index in [2.05, 4.69) is 6.92 Å². The fraction of sp³-hybridized carbons (Fsp3) is 0.889. The van der Waals surface area contributed by atoms with Crippen LogP contribution in [0, 0.1) is 11.8 Å². The lowest BCUT2D eigenvalue weighted by Crippen LogP contribution is -2.46. The molecule has 3 atom stereocenters. The molecule has 1 unspecified atom stereocenters. The zero-order chi connectivity index (χ0) is 10.0. The molecule has 0 bridgehead atoms. The van der Waals surface area contributed by atoms with Crippen molar-refractivity contribution >= 4 is 6.09 Å². The number of rotatable bonds is 1. The third-order valence-electron chi connectivity index (χ3n) is 2.92. The minimum Gasteiger partial charge on any atom is -0.465 e. The van der Waals surface area contributed by atoms with E-state index in [1.807, 2.05) is 6.92 Å². The lowest BCUT2D eigenvalue weighted by Gasteiger charge is -2.37. The topological polar surface area (TPSA) is 66.6 Å². The SMILES string of the molecule is CC(N)[C@H]1CCN(C(=O)O)C[C@H]1C. The molecule has 0 radical (unpaired) electrons. The van der Waals surface area contributed by atoms with Crippen molar-refractivity contribution < 1.29 is 9.90 Å².